The predicted octanol–water partition coefficient (Wildman–Crippen LogP) is 4.36. The van der Waals surface area contributed by atoms with E-state index in [-0.39, 0.29) is 42.0 Å². The maximum atomic E-state index is 13.9. The molecular weight excluding hydrogens is 570 g/mol. The maximum Gasteiger partial charge on any atom is 0.350 e. The number of esters is 1. The first-order valence-electron chi connectivity index (χ1n) is 16.4. The Kier molecular flexibility index (Phi) is 10.1. The summed E-state index contributed by atoms with van der Waals surface area (Å²) >= 11 is 0. The minimum Gasteiger partial charge on any atom is -0.463 e. The monoisotopic (exact) mass is 617 g/mol. The number of nitrogens with two attached hydrogens (primary N) is 2. The largest absolute Gasteiger partial charge is 0.463 e. The molecule has 0 radical (unpaired) electrons. The number of ether oxygens (including phenoxy) is 2. The van der Waals surface area contributed by atoms with Crippen LogP contribution in [0.3, 0.4) is 0 Å². The Balaban J connectivity index is 1.36. The molecule has 5 rings (SSSR count). The second kappa shape index (κ2) is 14.0. The molecule has 10 heteroatoms. The van der Waals surface area contributed by atoms with Crippen molar-refractivity contribution in [3.8, 4) is 0 Å². The average Bonchev–Trinajstić information content (AvgIpc) is 3.75. The lowest BCUT2D eigenvalue weighted by Crippen LogP contribution is -2.50. The normalized spacial score (nSPS) is 25.7. The third-order valence-electron chi connectivity index (χ3n) is 9.33. The molecule has 2 aliphatic carbocycles. The van der Waals surface area contributed by atoms with Crippen LogP contribution in [-0.2, 0) is 14.3 Å². The third kappa shape index (κ3) is 6.71. The number of hydrogen-bond donors (Lipinski definition) is 4. The van der Waals surface area contributed by atoms with Crippen molar-refractivity contribution in [1.29, 1.82) is 0 Å². The van der Waals surface area contributed by atoms with E-state index < -0.39 is 23.0 Å². The van der Waals surface area contributed by atoms with E-state index >= 15 is 0 Å². The van der Waals surface area contributed by atoms with E-state index in [4.69, 9.17) is 25.9 Å². The zero-order valence-electron chi connectivity index (χ0n) is 26.5. The number of hydrogen-bond acceptors (Lipinski definition) is 8. The molecule has 3 unspecified atom stereocenters. The summed E-state index contributed by atoms with van der Waals surface area (Å²) < 4.78 is 11.6. The van der Waals surface area contributed by atoms with E-state index in [0.717, 1.165) is 56.1 Å². The fourth-order valence-electron chi connectivity index (χ4n) is 6.75. The molecule has 4 aliphatic rings. The Labute approximate surface area is 265 Å². The van der Waals surface area contributed by atoms with Gasteiger partial charge >= 0.3 is 5.97 Å². The maximum absolute atomic E-state index is 13.9. The number of nitrogens with one attached hydrogen (secondary N) is 2. The highest BCUT2D eigenvalue weighted by Gasteiger charge is 2.85. The molecule has 45 heavy (non-hydrogen) atoms. The van der Waals surface area contributed by atoms with Gasteiger partial charge < -0.3 is 31.6 Å². The summed E-state index contributed by atoms with van der Waals surface area (Å²) in [4.78, 5) is 45.9. The van der Waals surface area contributed by atoms with Crippen LogP contribution in [0, 0.1) is 0 Å². The van der Waals surface area contributed by atoms with Crippen LogP contribution in [0.4, 0.5) is 0 Å². The van der Waals surface area contributed by atoms with Gasteiger partial charge in [0.15, 0.2) is 17.3 Å². The second-order valence-electron chi connectivity index (χ2n) is 12.7. The third-order valence-corrected chi connectivity index (χ3v) is 9.33. The number of Topliss-reactive ketones (excluding diaryl/α,β-unsaturated/α-hetero) is 2. The highest BCUT2D eigenvalue weighted by atomic mass is 16.7. The minimum absolute atomic E-state index is 0.0552. The van der Waals surface area contributed by atoms with Gasteiger partial charge in [0.05, 0.1) is 24.5 Å². The number of nitrogens with zero attached hydrogens (tertiary/aromatic N) is 1. The lowest BCUT2D eigenvalue weighted by atomic mass is 9.72. The molecule has 242 valence electrons. The standard InChI is InChI=1S/C35H47N5O5/c1-3-4-5-11-20-44-32(43)35-31(42)27-15-10-9-14-26(27)30(41)34(35,45-35)18-16-23(2)21-28(24-17-19-38-29(36)22-24)40-33(37)39-25-12-7-6-8-13-25/h9-10,14-17,22,25,28,38H,3-8,11-13,18-21,36H2,1-2H3,(H3,37,39,40). The van der Waals surface area contributed by atoms with Crippen molar-refractivity contribution in [3.63, 3.8) is 0 Å². The van der Waals surface area contributed by atoms with Crippen molar-refractivity contribution in [1.82, 2.24) is 10.6 Å². The van der Waals surface area contributed by atoms with Gasteiger partial charge in [-0.15, -0.1) is 0 Å². The molecule has 10 nitrogen and oxygen atoms in total. The number of carbonyl (C=O) groups is 3. The fraction of sp³-hybridized carbons (Fsp3) is 0.543. The molecule has 2 aliphatic heterocycles. The van der Waals surface area contributed by atoms with Crippen LogP contribution in [0.5, 0.6) is 0 Å². The van der Waals surface area contributed by atoms with Crippen molar-refractivity contribution in [2.75, 3.05) is 13.2 Å². The van der Waals surface area contributed by atoms with E-state index in [1.54, 1.807) is 24.3 Å². The van der Waals surface area contributed by atoms with Gasteiger partial charge in [0, 0.05) is 24.1 Å². The number of fused-ring (bicyclic) bond motifs is 2. The lowest BCUT2D eigenvalue weighted by molar-refractivity contribution is -0.148. The van der Waals surface area contributed by atoms with Crippen LogP contribution in [0.1, 0.15) is 105 Å². The summed E-state index contributed by atoms with van der Waals surface area (Å²) in [7, 11) is 0. The van der Waals surface area contributed by atoms with Gasteiger partial charge in [0.1, 0.15) is 0 Å². The van der Waals surface area contributed by atoms with Crippen molar-refractivity contribution in [3.05, 3.63) is 70.6 Å². The van der Waals surface area contributed by atoms with Gasteiger partial charge in [-0.3, -0.25) is 14.6 Å². The van der Waals surface area contributed by atoms with E-state index in [1.807, 2.05) is 19.1 Å². The van der Waals surface area contributed by atoms with Gasteiger partial charge in [-0.25, -0.2) is 4.79 Å². The highest BCUT2D eigenvalue weighted by molar-refractivity contribution is 6.32. The molecule has 1 saturated heterocycles. The molecule has 0 aromatic heterocycles. The van der Waals surface area contributed by atoms with Gasteiger partial charge in [-0.1, -0.05) is 87.4 Å². The van der Waals surface area contributed by atoms with Crippen molar-refractivity contribution in [2.24, 2.45) is 16.5 Å². The Bertz CT molecular complexity index is 1420. The number of carbonyl (C=O) groups excluding carboxylic acids is 3. The van der Waals surface area contributed by atoms with Crippen LogP contribution in [-0.4, -0.2) is 59.9 Å². The zero-order valence-corrected chi connectivity index (χ0v) is 26.5. The number of ketones is 2. The number of epoxide rings is 1. The second-order valence-corrected chi connectivity index (χ2v) is 12.7. The summed E-state index contributed by atoms with van der Waals surface area (Å²) in [6, 6.07) is 6.57. The van der Waals surface area contributed by atoms with E-state index in [0.29, 0.717) is 31.2 Å². The zero-order chi connectivity index (χ0) is 32.0. The first-order valence-corrected chi connectivity index (χ1v) is 16.4. The number of dihydropyridines is 1. The number of benzene rings is 1. The average molecular weight is 618 g/mol. The molecule has 0 bridgehead atoms. The summed E-state index contributed by atoms with van der Waals surface area (Å²) in [6.07, 6.45) is 15.7. The topological polar surface area (TPSA) is 161 Å². The first kappa shape index (κ1) is 32.5. The highest BCUT2D eigenvalue weighted by Crippen LogP contribution is 2.58. The lowest BCUT2D eigenvalue weighted by Gasteiger charge is -2.26. The molecule has 6 N–H and O–H groups in total. The number of rotatable bonds is 13. The quantitative estimate of drug-likeness (QED) is 0.0479. The predicted molar refractivity (Wildman–Crippen MR) is 174 cm³/mol. The molecule has 2 fully saturated rings. The van der Waals surface area contributed by atoms with Gasteiger partial charge in [0.2, 0.25) is 5.78 Å². The van der Waals surface area contributed by atoms with Crippen LogP contribution in [0.15, 0.2) is 64.5 Å². The van der Waals surface area contributed by atoms with Crippen LogP contribution in [0.2, 0.25) is 0 Å². The Hall–Kier alpha value is -3.92. The smallest absolute Gasteiger partial charge is 0.350 e. The van der Waals surface area contributed by atoms with Gasteiger partial charge in [-0.05, 0) is 44.3 Å². The van der Waals surface area contributed by atoms with Gasteiger partial charge in [0.25, 0.3) is 5.60 Å². The first-order chi connectivity index (χ1) is 21.7. The molecule has 1 saturated carbocycles. The number of aliphatic imine (C=N–C) groups is 1. The molecule has 2 heterocycles. The van der Waals surface area contributed by atoms with Crippen molar-refractivity contribution < 1.29 is 23.9 Å². The minimum atomic E-state index is -1.97. The van der Waals surface area contributed by atoms with E-state index in [2.05, 4.69) is 23.6 Å². The van der Waals surface area contributed by atoms with Gasteiger partial charge in [-0.2, -0.15) is 0 Å². The van der Waals surface area contributed by atoms with Crippen LogP contribution < -0.4 is 22.1 Å². The van der Waals surface area contributed by atoms with Crippen molar-refractivity contribution in [2.45, 2.75) is 108 Å². The molecule has 0 spiro atoms. The summed E-state index contributed by atoms with van der Waals surface area (Å²) in [6.45, 7) is 4.82. The summed E-state index contributed by atoms with van der Waals surface area (Å²) in [5.74, 6) is -0.726. The molecule has 1 aromatic rings. The van der Waals surface area contributed by atoms with Crippen molar-refractivity contribution >= 4 is 23.5 Å². The number of unbranched alkanes of at least 4 members (excludes halogenated alkanes) is 3. The SMILES string of the molecule is CCCCCCOC(=O)C12OC1(CC=C(C)CC(NC(N)=NC1CCCCC1)C1=CCNC(N)=C1)C(=O)c1ccccc1C2=O. The molecule has 1 aromatic carbocycles. The Morgan fingerprint density at radius 2 is 1.89 bits per heavy atom. The number of guanidine groups is 1. The van der Waals surface area contributed by atoms with Crippen LogP contribution in [0.25, 0.3) is 0 Å². The van der Waals surface area contributed by atoms with Crippen LogP contribution >= 0.6 is 0 Å². The summed E-state index contributed by atoms with van der Waals surface area (Å²) in [5, 5.41) is 6.50. The molecule has 0 amide bonds. The Morgan fingerprint density at radius 3 is 2.60 bits per heavy atom. The summed E-state index contributed by atoms with van der Waals surface area (Å²) in [5.41, 5.74) is 11.3. The fourth-order valence-corrected chi connectivity index (χ4v) is 6.75. The van der Waals surface area contributed by atoms with E-state index in [1.165, 1.54) is 6.42 Å². The van der Waals surface area contributed by atoms with E-state index in [9.17, 15) is 14.4 Å². The molecular formula is C35H47N5O5. The molecule has 3 atom stereocenters. The Morgan fingerprint density at radius 1 is 1.16 bits per heavy atom.